The molecule has 0 amide bonds. The Bertz CT molecular complexity index is 1050. The smallest absolute Gasteiger partial charge is 0.174 e. The maximum Gasteiger partial charge on any atom is 0.174 e. The summed E-state index contributed by atoms with van der Waals surface area (Å²) in [5.41, 5.74) is 3.10. The molecule has 0 saturated heterocycles. The predicted molar refractivity (Wildman–Crippen MR) is 122 cm³/mol. The molecule has 6 nitrogen and oxygen atoms in total. The first-order valence-electron chi connectivity index (χ1n) is 9.74. The number of anilines is 1. The van der Waals surface area contributed by atoms with Gasteiger partial charge < -0.3 is 29.0 Å². The Balaban J connectivity index is 1.71. The highest BCUT2D eigenvalue weighted by atomic mass is 32.1. The molecular formula is C23H25N3O3S. The van der Waals surface area contributed by atoms with Gasteiger partial charge in [0.25, 0.3) is 0 Å². The number of fused-ring (bicyclic) bond motifs is 1. The lowest BCUT2D eigenvalue weighted by atomic mass is 9.99. The van der Waals surface area contributed by atoms with Gasteiger partial charge in [-0.3, -0.25) is 0 Å². The standard InChI is InChI=1S/C23H25N3O3S/c1-27-19-9-5-4-7-17(19)24-23(30)26-14-13-25-12-6-8-18(25)22(26)16-10-11-20(28-2)21(15-16)29-3/h4-12,15,22H,13-14H2,1-3H3,(H,24,30)/t22-/m0/s1. The summed E-state index contributed by atoms with van der Waals surface area (Å²) in [7, 11) is 4.95. The molecular weight excluding hydrogens is 398 g/mol. The van der Waals surface area contributed by atoms with Crippen LogP contribution in [0, 0.1) is 0 Å². The Morgan fingerprint density at radius 1 is 0.900 bits per heavy atom. The van der Waals surface area contributed by atoms with Gasteiger partial charge in [0, 0.05) is 25.0 Å². The molecule has 0 aliphatic carbocycles. The van der Waals surface area contributed by atoms with Crippen LogP contribution in [-0.4, -0.2) is 42.5 Å². The molecule has 1 aliphatic heterocycles. The van der Waals surface area contributed by atoms with E-state index < -0.39 is 0 Å². The van der Waals surface area contributed by atoms with E-state index in [1.54, 1.807) is 21.3 Å². The monoisotopic (exact) mass is 423 g/mol. The molecule has 1 aromatic heterocycles. The molecule has 0 bridgehead atoms. The van der Waals surface area contributed by atoms with E-state index in [4.69, 9.17) is 26.4 Å². The number of nitrogens with zero attached hydrogens (tertiary/aromatic N) is 2. The maximum atomic E-state index is 5.85. The van der Waals surface area contributed by atoms with Crippen LogP contribution in [0.1, 0.15) is 17.3 Å². The molecule has 0 spiro atoms. The number of hydrogen-bond donors (Lipinski definition) is 1. The third kappa shape index (κ3) is 3.68. The molecule has 2 aromatic carbocycles. The van der Waals surface area contributed by atoms with Crippen LogP contribution in [0.25, 0.3) is 0 Å². The van der Waals surface area contributed by atoms with Crippen LogP contribution >= 0.6 is 12.2 Å². The number of aromatic nitrogens is 1. The summed E-state index contributed by atoms with van der Waals surface area (Å²) in [6.45, 7) is 1.64. The van der Waals surface area contributed by atoms with E-state index >= 15 is 0 Å². The van der Waals surface area contributed by atoms with Crippen molar-refractivity contribution < 1.29 is 14.2 Å². The van der Waals surface area contributed by atoms with E-state index in [1.165, 1.54) is 5.69 Å². The topological polar surface area (TPSA) is 47.9 Å². The predicted octanol–water partition coefficient (Wildman–Crippen LogP) is 4.32. The van der Waals surface area contributed by atoms with E-state index in [1.807, 2.05) is 36.4 Å². The van der Waals surface area contributed by atoms with Crippen molar-refractivity contribution in [2.75, 3.05) is 33.2 Å². The molecule has 0 unspecified atom stereocenters. The zero-order chi connectivity index (χ0) is 21.1. The first-order valence-corrected chi connectivity index (χ1v) is 10.1. The molecule has 1 aliphatic rings. The summed E-state index contributed by atoms with van der Waals surface area (Å²) in [5.74, 6) is 2.15. The minimum absolute atomic E-state index is 0.0525. The largest absolute Gasteiger partial charge is 0.495 e. The average Bonchev–Trinajstić information content (AvgIpc) is 3.27. The average molecular weight is 424 g/mol. The molecule has 30 heavy (non-hydrogen) atoms. The Morgan fingerprint density at radius 3 is 2.43 bits per heavy atom. The van der Waals surface area contributed by atoms with Crippen LogP contribution in [0.15, 0.2) is 60.8 Å². The molecule has 0 fully saturated rings. The van der Waals surface area contributed by atoms with Crippen LogP contribution in [0.4, 0.5) is 5.69 Å². The minimum atomic E-state index is -0.0525. The van der Waals surface area contributed by atoms with E-state index in [9.17, 15) is 0 Å². The summed E-state index contributed by atoms with van der Waals surface area (Å²) in [4.78, 5) is 2.21. The maximum absolute atomic E-state index is 5.85. The number of thiocarbonyl (C=S) groups is 1. The zero-order valence-corrected chi connectivity index (χ0v) is 18.1. The Morgan fingerprint density at radius 2 is 1.67 bits per heavy atom. The van der Waals surface area contributed by atoms with Crippen LogP contribution in [0.3, 0.4) is 0 Å². The number of ether oxygens (including phenoxy) is 3. The van der Waals surface area contributed by atoms with E-state index in [0.717, 1.165) is 30.1 Å². The third-order valence-electron chi connectivity index (χ3n) is 5.37. The van der Waals surface area contributed by atoms with Crippen molar-refractivity contribution in [1.29, 1.82) is 0 Å². The van der Waals surface area contributed by atoms with Crippen molar-refractivity contribution in [2.45, 2.75) is 12.6 Å². The highest BCUT2D eigenvalue weighted by Gasteiger charge is 2.31. The first kappa shape index (κ1) is 20.1. The molecule has 156 valence electrons. The lowest BCUT2D eigenvalue weighted by Gasteiger charge is -2.39. The van der Waals surface area contributed by atoms with Gasteiger partial charge in [0.05, 0.1) is 33.1 Å². The molecule has 0 radical (unpaired) electrons. The summed E-state index contributed by atoms with van der Waals surface area (Å²) >= 11 is 5.85. The Kier molecular flexibility index (Phi) is 5.81. The van der Waals surface area contributed by atoms with Crippen molar-refractivity contribution >= 4 is 23.0 Å². The SMILES string of the molecule is COc1ccccc1NC(=S)N1CCn2cccc2[C@@H]1c1ccc(OC)c(OC)c1. The van der Waals surface area contributed by atoms with Crippen molar-refractivity contribution in [3.05, 3.63) is 72.1 Å². The van der Waals surface area contributed by atoms with Crippen LogP contribution < -0.4 is 19.5 Å². The van der Waals surface area contributed by atoms with Gasteiger partial charge in [-0.1, -0.05) is 18.2 Å². The normalized spacial score (nSPS) is 15.3. The number of rotatable bonds is 5. The number of nitrogens with one attached hydrogen (secondary N) is 1. The molecule has 7 heteroatoms. The van der Waals surface area contributed by atoms with Crippen LogP contribution in [0.2, 0.25) is 0 Å². The second-order valence-electron chi connectivity index (χ2n) is 6.97. The van der Waals surface area contributed by atoms with Gasteiger partial charge in [-0.25, -0.2) is 0 Å². The molecule has 2 heterocycles. The van der Waals surface area contributed by atoms with Gasteiger partial charge in [0.1, 0.15) is 5.75 Å². The zero-order valence-electron chi connectivity index (χ0n) is 17.3. The van der Waals surface area contributed by atoms with Gasteiger partial charge in [-0.15, -0.1) is 0 Å². The molecule has 1 atom stereocenters. The lowest BCUT2D eigenvalue weighted by Crippen LogP contribution is -2.44. The van der Waals surface area contributed by atoms with Gasteiger partial charge in [-0.05, 0) is 54.2 Å². The minimum Gasteiger partial charge on any atom is -0.495 e. The Labute approximate surface area is 182 Å². The first-order chi connectivity index (χ1) is 14.7. The number of para-hydroxylation sites is 2. The van der Waals surface area contributed by atoms with Crippen LogP contribution in [0.5, 0.6) is 17.2 Å². The third-order valence-corrected chi connectivity index (χ3v) is 5.71. The van der Waals surface area contributed by atoms with Crippen molar-refractivity contribution in [3.8, 4) is 17.2 Å². The van der Waals surface area contributed by atoms with Gasteiger partial charge in [0.15, 0.2) is 16.6 Å². The summed E-state index contributed by atoms with van der Waals surface area (Å²) < 4.78 is 18.7. The summed E-state index contributed by atoms with van der Waals surface area (Å²) in [6, 6.07) is 17.9. The molecule has 3 aromatic rings. The van der Waals surface area contributed by atoms with Gasteiger partial charge >= 0.3 is 0 Å². The quantitative estimate of drug-likeness (QED) is 0.617. The fourth-order valence-electron chi connectivity index (χ4n) is 3.91. The number of hydrogen-bond acceptors (Lipinski definition) is 4. The second-order valence-corrected chi connectivity index (χ2v) is 7.35. The van der Waals surface area contributed by atoms with Gasteiger partial charge in [-0.2, -0.15) is 0 Å². The lowest BCUT2D eigenvalue weighted by molar-refractivity contribution is 0.291. The van der Waals surface area contributed by atoms with Crippen LogP contribution in [-0.2, 0) is 6.54 Å². The fraction of sp³-hybridized carbons (Fsp3) is 0.261. The van der Waals surface area contributed by atoms with Gasteiger partial charge in [0.2, 0.25) is 0 Å². The summed E-state index contributed by atoms with van der Waals surface area (Å²) in [6.07, 6.45) is 2.11. The highest BCUT2D eigenvalue weighted by Crippen LogP contribution is 2.37. The van der Waals surface area contributed by atoms with E-state index in [2.05, 4.69) is 39.2 Å². The van der Waals surface area contributed by atoms with Crippen molar-refractivity contribution in [3.63, 3.8) is 0 Å². The highest BCUT2D eigenvalue weighted by molar-refractivity contribution is 7.80. The Hall–Kier alpha value is -3.19. The second kappa shape index (κ2) is 8.67. The number of methoxy groups -OCH3 is 3. The summed E-state index contributed by atoms with van der Waals surface area (Å²) in [5, 5.41) is 4.02. The molecule has 0 saturated carbocycles. The van der Waals surface area contributed by atoms with Crippen molar-refractivity contribution in [2.24, 2.45) is 0 Å². The fourth-order valence-corrected chi connectivity index (χ4v) is 4.22. The molecule has 4 rings (SSSR count). The van der Waals surface area contributed by atoms with E-state index in [-0.39, 0.29) is 6.04 Å². The number of benzene rings is 2. The van der Waals surface area contributed by atoms with E-state index in [0.29, 0.717) is 16.6 Å². The van der Waals surface area contributed by atoms with Crippen molar-refractivity contribution in [1.82, 2.24) is 9.47 Å². The molecule has 1 N–H and O–H groups in total.